The third kappa shape index (κ3) is 4.08. The standard InChI is InChI=1S/C16H15F4N3O/c1-15(2,10-4-3-5-11(17)8-10)23-22-14(24)12-9-21-7-6-13(12)16(18,19)20/h3-9,23H,1-2H3,(H,22,24). The van der Waals surface area contributed by atoms with E-state index in [1.54, 1.807) is 19.9 Å². The largest absolute Gasteiger partial charge is 0.417 e. The van der Waals surface area contributed by atoms with Crippen LogP contribution in [0.15, 0.2) is 42.7 Å². The molecule has 1 amide bonds. The first-order valence-corrected chi connectivity index (χ1v) is 6.96. The van der Waals surface area contributed by atoms with Crippen LogP contribution in [-0.2, 0) is 11.7 Å². The molecule has 0 spiro atoms. The van der Waals surface area contributed by atoms with Gasteiger partial charge in [0.05, 0.1) is 16.7 Å². The van der Waals surface area contributed by atoms with Gasteiger partial charge in [0, 0.05) is 12.4 Å². The molecule has 128 valence electrons. The van der Waals surface area contributed by atoms with Crippen molar-refractivity contribution in [3.63, 3.8) is 0 Å². The molecule has 0 aliphatic rings. The normalized spacial score (nSPS) is 12.1. The van der Waals surface area contributed by atoms with Crippen LogP contribution in [0, 0.1) is 5.82 Å². The van der Waals surface area contributed by atoms with Crippen molar-refractivity contribution in [2.45, 2.75) is 25.6 Å². The highest BCUT2D eigenvalue weighted by atomic mass is 19.4. The van der Waals surface area contributed by atoms with E-state index >= 15 is 0 Å². The van der Waals surface area contributed by atoms with Crippen LogP contribution < -0.4 is 10.9 Å². The predicted molar refractivity (Wildman–Crippen MR) is 79.3 cm³/mol. The van der Waals surface area contributed by atoms with Gasteiger partial charge in [-0.3, -0.25) is 15.2 Å². The number of hydrogen-bond acceptors (Lipinski definition) is 3. The van der Waals surface area contributed by atoms with E-state index in [0.717, 1.165) is 18.5 Å². The molecule has 2 rings (SSSR count). The average Bonchev–Trinajstić information content (AvgIpc) is 2.52. The molecule has 1 heterocycles. The molecule has 8 heteroatoms. The average molecular weight is 341 g/mol. The number of nitrogens with one attached hydrogen (secondary N) is 2. The number of aromatic nitrogens is 1. The summed E-state index contributed by atoms with van der Waals surface area (Å²) in [4.78, 5) is 15.6. The Kier molecular flexibility index (Phi) is 4.88. The quantitative estimate of drug-likeness (QED) is 0.662. The minimum absolute atomic E-state index is 0.458. The molecule has 0 saturated carbocycles. The maximum absolute atomic E-state index is 13.3. The molecule has 0 atom stereocenters. The Bertz CT molecular complexity index is 744. The SMILES string of the molecule is CC(C)(NNC(=O)c1cnccc1C(F)(F)F)c1cccc(F)c1. The molecule has 2 aromatic rings. The summed E-state index contributed by atoms with van der Waals surface area (Å²) in [6, 6.07) is 6.40. The topological polar surface area (TPSA) is 54.0 Å². The highest BCUT2D eigenvalue weighted by molar-refractivity contribution is 5.95. The van der Waals surface area contributed by atoms with Crippen LogP contribution in [0.25, 0.3) is 0 Å². The zero-order valence-corrected chi connectivity index (χ0v) is 12.9. The molecule has 2 N–H and O–H groups in total. The molecule has 24 heavy (non-hydrogen) atoms. The van der Waals surface area contributed by atoms with Crippen molar-refractivity contribution < 1.29 is 22.4 Å². The zero-order chi connectivity index (χ0) is 18.0. The molecule has 0 aliphatic carbocycles. The summed E-state index contributed by atoms with van der Waals surface area (Å²) < 4.78 is 52.1. The van der Waals surface area contributed by atoms with Gasteiger partial charge in [-0.05, 0) is 37.6 Å². The van der Waals surface area contributed by atoms with E-state index in [1.807, 2.05) is 0 Å². The van der Waals surface area contributed by atoms with Gasteiger partial charge in [0.1, 0.15) is 5.82 Å². The summed E-state index contributed by atoms with van der Waals surface area (Å²) in [7, 11) is 0. The summed E-state index contributed by atoms with van der Waals surface area (Å²) in [6.45, 7) is 3.30. The van der Waals surface area contributed by atoms with Crippen molar-refractivity contribution in [2.75, 3.05) is 0 Å². The second-order valence-corrected chi connectivity index (χ2v) is 5.63. The van der Waals surface area contributed by atoms with Gasteiger partial charge in [0.25, 0.3) is 5.91 Å². The lowest BCUT2D eigenvalue weighted by Gasteiger charge is -2.27. The van der Waals surface area contributed by atoms with Crippen molar-refractivity contribution in [1.29, 1.82) is 0 Å². The zero-order valence-electron chi connectivity index (χ0n) is 12.9. The minimum atomic E-state index is -4.67. The monoisotopic (exact) mass is 341 g/mol. The van der Waals surface area contributed by atoms with Crippen LogP contribution in [0.5, 0.6) is 0 Å². The number of hydrazine groups is 1. The summed E-state index contributed by atoms with van der Waals surface area (Å²) in [5.41, 5.74) is 2.76. The first-order chi connectivity index (χ1) is 11.1. The van der Waals surface area contributed by atoms with Crippen molar-refractivity contribution in [1.82, 2.24) is 15.8 Å². The fourth-order valence-electron chi connectivity index (χ4n) is 2.05. The van der Waals surface area contributed by atoms with Gasteiger partial charge in [0.15, 0.2) is 0 Å². The fourth-order valence-corrected chi connectivity index (χ4v) is 2.05. The van der Waals surface area contributed by atoms with Gasteiger partial charge in [-0.15, -0.1) is 0 Å². The molecular formula is C16H15F4N3O. The van der Waals surface area contributed by atoms with E-state index in [-0.39, 0.29) is 0 Å². The highest BCUT2D eigenvalue weighted by Gasteiger charge is 2.35. The molecule has 0 radical (unpaired) electrons. The number of nitrogens with zero attached hydrogens (tertiary/aromatic N) is 1. The summed E-state index contributed by atoms with van der Waals surface area (Å²) >= 11 is 0. The van der Waals surface area contributed by atoms with Crippen LogP contribution in [-0.4, -0.2) is 10.9 Å². The Hall–Kier alpha value is -2.48. The third-order valence-corrected chi connectivity index (χ3v) is 3.41. The fraction of sp³-hybridized carbons (Fsp3) is 0.250. The maximum atomic E-state index is 13.3. The van der Waals surface area contributed by atoms with Crippen LogP contribution in [0.2, 0.25) is 0 Å². The van der Waals surface area contributed by atoms with Crippen molar-refractivity contribution in [3.8, 4) is 0 Å². The summed E-state index contributed by atoms with van der Waals surface area (Å²) in [5.74, 6) is -1.44. The molecule has 0 bridgehead atoms. The molecular weight excluding hydrogens is 326 g/mol. The second kappa shape index (κ2) is 6.56. The van der Waals surface area contributed by atoms with Gasteiger partial charge < -0.3 is 0 Å². The summed E-state index contributed by atoms with van der Waals surface area (Å²) in [5, 5.41) is 0. The van der Waals surface area contributed by atoms with Crippen LogP contribution in [0.1, 0.15) is 35.3 Å². The molecule has 0 saturated heterocycles. The third-order valence-electron chi connectivity index (χ3n) is 3.41. The van der Waals surface area contributed by atoms with E-state index in [9.17, 15) is 22.4 Å². The number of pyridine rings is 1. The second-order valence-electron chi connectivity index (χ2n) is 5.63. The van der Waals surface area contributed by atoms with E-state index in [2.05, 4.69) is 15.8 Å². The lowest BCUT2D eigenvalue weighted by Crippen LogP contribution is -2.49. The Labute approximate surface area is 135 Å². The number of alkyl halides is 3. The number of benzene rings is 1. The molecule has 0 unspecified atom stereocenters. The Morgan fingerprint density at radius 1 is 1.17 bits per heavy atom. The number of carbonyl (C=O) groups is 1. The van der Waals surface area contributed by atoms with Crippen molar-refractivity contribution in [3.05, 3.63) is 65.2 Å². The number of halogens is 4. The van der Waals surface area contributed by atoms with Gasteiger partial charge in [-0.1, -0.05) is 12.1 Å². The minimum Gasteiger partial charge on any atom is -0.287 e. The van der Waals surface area contributed by atoms with E-state index in [1.165, 1.54) is 18.2 Å². The molecule has 1 aromatic carbocycles. The number of rotatable bonds is 4. The summed E-state index contributed by atoms with van der Waals surface area (Å²) in [6.07, 6.45) is -2.87. The van der Waals surface area contributed by atoms with E-state index < -0.39 is 34.6 Å². The smallest absolute Gasteiger partial charge is 0.287 e. The van der Waals surface area contributed by atoms with Gasteiger partial charge in [0.2, 0.25) is 0 Å². The highest BCUT2D eigenvalue weighted by Crippen LogP contribution is 2.31. The van der Waals surface area contributed by atoms with E-state index in [4.69, 9.17) is 0 Å². The molecule has 1 aromatic heterocycles. The van der Waals surface area contributed by atoms with Gasteiger partial charge >= 0.3 is 6.18 Å². The Balaban J connectivity index is 2.17. The number of hydrogen-bond donors (Lipinski definition) is 2. The first kappa shape index (κ1) is 17.9. The predicted octanol–water partition coefficient (Wildman–Crippen LogP) is 3.41. The molecule has 0 aliphatic heterocycles. The maximum Gasteiger partial charge on any atom is 0.417 e. The van der Waals surface area contributed by atoms with Crippen LogP contribution >= 0.6 is 0 Å². The van der Waals surface area contributed by atoms with E-state index in [0.29, 0.717) is 5.56 Å². The van der Waals surface area contributed by atoms with Crippen molar-refractivity contribution in [2.24, 2.45) is 0 Å². The first-order valence-electron chi connectivity index (χ1n) is 6.96. The molecule has 0 fully saturated rings. The Morgan fingerprint density at radius 2 is 1.88 bits per heavy atom. The van der Waals surface area contributed by atoms with Crippen LogP contribution in [0.4, 0.5) is 17.6 Å². The number of amides is 1. The van der Waals surface area contributed by atoms with Gasteiger partial charge in [-0.2, -0.15) is 13.2 Å². The lowest BCUT2D eigenvalue weighted by atomic mass is 9.95. The lowest BCUT2D eigenvalue weighted by molar-refractivity contribution is -0.138. The molecule has 4 nitrogen and oxygen atoms in total. The van der Waals surface area contributed by atoms with Crippen molar-refractivity contribution >= 4 is 5.91 Å². The Morgan fingerprint density at radius 3 is 2.50 bits per heavy atom. The van der Waals surface area contributed by atoms with Crippen LogP contribution in [0.3, 0.4) is 0 Å². The van der Waals surface area contributed by atoms with Gasteiger partial charge in [-0.25, -0.2) is 9.82 Å². The number of carbonyl (C=O) groups excluding carboxylic acids is 1.